The first kappa shape index (κ1) is 27.7. The number of morpholine rings is 1. The van der Waals surface area contributed by atoms with Gasteiger partial charge in [0.1, 0.15) is 5.82 Å². The maximum atomic E-state index is 14.4. The van der Waals surface area contributed by atoms with E-state index in [1.807, 2.05) is 54.1 Å². The Labute approximate surface area is 234 Å². The Bertz CT molecular complexity index is 1370. The summed E-state index contributed by atoms with van der Waals surface area (Å²) in [5.41, 5.74) is 4.54. The minimum absolute atomic E-state index is 0.000646. The highest BCUT2D eigenvalue weighted by molar-refractivity contribution is 6.05. The molecule has 0 spiro atoms. The first-order chi connectivity index (χ1) is 19.3. The third-order valence-corrected chi connectivity index (χ3v) is 7.81. The number of pyridine rings is 1. The van der Waals surface area contributed by atoms with Gasteiger partial charge in [0, 0.05) is 54.8 Å². The minimum Gasteiger partial charge on any atom is -0.378 e. The molecule has 2 amide bonds. The normalized spacial score (nSPS) is 17.6. The number of rotatable bonds is 7. The number of halogens is 1. The summed E-state index contributed by atoms with van der Waals surface area (Å²) in [6.07, 6.45) is 3.81. The van der Waals surface area contributed by atoms with E-state index in [0.717, 1.165) is 42.8 Å². The highest BCUT2D eigenvalue weighted by Crippen LogP contribution is 2.28. The van der Waals surface area contributed by atoms with Gasteiger partial charge in [0.05, 0.1) is 31.3 Å². The fraction of sp³-hybridized carbons (Fsp3) is 0.387. The van der Waals surface area contributed by atoms with Crippen LogP contribution in [0.25, 0.3) is 11.1 Å². The number of carbonyl (C=O) groups excluding carboxylic acids is 2. The molecule has 9 heteroatoms. The largest absolute Gasteiger partial charge is 0.378 e. The van der Waals surface area contributed by atoms with Crippen molar-refractivity contribution >= 4 is 23.2 Å². The summed E-state index contributed by atoms with van der Waals surface area (Å²) in [4.78, 5) is 36.9. The average molecular weight is 546 g/mol. The van der Waals surface area contributed by atoms with Crippen LogP contribution < -0.4 is 10.2 Å². The van der Waals surface area contributed by atoms with Crippen molar-refractivity contribution in [1.29, 1.82) is 0 Å². The first-order valence-corrected chi connectivity index (χ1v) is 13.9. The maximum absolute atomic E-state index is 14.4. The Morgan fingerprint density at radius 3 is 2.55 bits per heavy atom. The summed E-state index contributed by atoms with van der Waals surface area (Å²) in [6.45, 7) is 8.40. The number of amides is 2. The van der Waals surface area contributed by atoms with Gasteiger partial charge < -0.3 is 19.9 Å². The molecule has 3 heterocycles. The Morgan fingerprint density at radius 2 is 1.82 bits per heavy atom. The number of aromatic nitrogens is 1. The number of nitrogens with one attached hydrogen (secondary N) is 1. The van der Waals surface area contributed by atoms with E-state index in [4.69, 9.17) is 4.74 Å². The van der Waals surface area contributed by atoms with Crippen LogP contribution in [0.5, 0.6) is 0 Å². The SMILES string of the molecule is CCN1CCCC1N(C)C(=O)c1ccc(-c2cc(NC(=O)c3cc(F)cc(N4CCOCC4)c3)cnc2C)cc1. The second-order valence-electron chi connectivity index (χ2n) is 10.4. The van der Waals surface area contributed by atoms with Gasteiger partial charge in [0.25, 0.3) is 11.8 Å². The van der Waals surface area contributed by atoms with Gasteiger partial charge in [-0.05, 0) is 68.3 Å². The number of aryl methyl sites for hydroxylation is 1. The van der Waals surface area contributed by atoms with Crippen molar-refractivity contribution in [3.63, 3.8) is 0 Å². The van der Waals surface area contributed by atoms with Crippen LogP contribution in [0.3, 0.4) is 0 Å². The van der Waals surface area contributed by atoms with Crippen LogP contribution in [0, 0.1) is 12.7 Å². The van der Waals surface area contributed by atoms with Crippen LogP contribution in [0.1, 0.15) is 46.2 Å². The Morgan fingerprint density at radius 1 is 1.07 bits per heavy atom. The first-order valence-electron chi connectivity index (χ1n) is 13.9. The summed E-state index contributed by atoms with van der Waals surface area (Å²) >= 11 is 0. The van der Waals surface area contributed by atoms with Crippen LogP contribution in [-0.4, -0.2) is 79.2 Å². The number of benzene rings is 2. The lowest BCUT2D eigenvalue weighted by atomic mass is 10.0. The van der Waals surface area contributed by atoms with Gasteiger partial charge in [-0.1, -0.05) is 19.1 Å². The lowest BCUT2D eigenvalue weighted by Gasteiger charge is -2.31. The predicted octanol–water partition coefficient (Wildman–Crippen LogP) is 4.80. The van der Waals surface area contributed by atoms with Crippen molar-refractivity contribution in [3.8, 4) is 11.1 Å². The summed E-state index contributed by atoms with van der Waals surface area (Å²) < 4.78 is 19.8. The Kier molecular flexibility index (Phi) is 8.42. The van der Waals surface area contributed by atoms with Gasteiger partial charge >= 0.3 is 0 Å². The molecule has 210 valence electrons. The smallest absolute Gasteiger partial charge is 0.255 e. The number of anilines is 2. The minimum atomic E-state index is -0.465. The summed E-state index contributed by atoms with van der Waals surface area (Å²) in [5, 5.41) is 2.86. The van der Waals surface area contributed by atoms with Gasteiger partial charge in [0.2, 0.25) is 0 Å². The average Bonchev–Trinajstić information content (AvgIpc) is 3.47. The van der Waals surface area contributed by atoms with E-state index in [9.17, 15) is 14.0 Å². The van der Waals surface area contributed by atoms with E-state index in [1.165, 1.54) is 12.1 Å². The molecular formula is C31H36FN5O3. The molecule has 0 radical (unpaired) electrons. The molecule has 0 bridgehead atoms. The predicted molar refractivity (Wildman–Crippen MR) is 154 cm³/mol. The van der Waals surface area contributed by atoms with E-state index >= 15 is 0 Å². The van der Waals surface area contributed by atoms with Crippen molar-refractivity contribution in [1.82, 2.24) is 14.8 Å². The van der Waals surface area contributed by atoms with Gasteiger partial charge in [-0.3, -0.25) is 19.5 Å². The van der Waals surface area contributed by atoms with E-state index < -0.39 is 11.7 Å². The van der Waals surface area contributed by atoms with Crippen LogP contribution >= 0.6 is 0 Å². The Balaban J connectivity index is 1.31. The molecule has 2 saturated heterocycles. The number of nitrogens with zero attached hydrogens (tertiary/aromatic N) is 4. The van der Waals surface area contributed by atoms with Gasteiger partial charge in [-0.25, -0.2) is 4.39 Å². The quantitative estimate of drug-likeness (QED) is 0.460. The van der Waals surface area contributed by atoms with Crippen LogP contribution in [-0.2, 0) is 4.74 Å². The fourth-order valence-electron chi connectivity index (χ4n) is 5.55. The molecular weight excluding hydrogens is 509 g/mol. The third-order valence-electron chi connectivity index (χ3n) is 7.81. The van der Waals surface area contributed by atoms with Gasteiger partial charge in [-0.15, -0.1) is 0 Å². The monoisotopic (exact) mass is 545 g/mol. The Hall–Kier alpha value is -3.82. The molecule has 2 aromatic carbocycles. The second-order valence-corrected chi connectivity index (χ2v) is 10.4. The zero-order valence-corrected chi connectivity index (χ0v) is 23.3. The molecule has 0 saturated carbocycles. The third kappa shape index (κ3) is 6.00. The van der Waals surface area contributed by atoms with Crippen molar-refractivity contribution < 1.29 is 18.7 Å². The zero-order chi connectivity index (χ0) is 28.2. The molecule has 1 aromatic heterocycles. The molecule has 5 rings (SSSR count). The van der Waals surface area contributed by atoms with Gasteiger partial charge in [-0.2, -0.15) is 0 Å². The van der Waals surface area contributed by atoms with E-state index in [-0.39, 0.29) is 17.6 Å². The fourth-order valence-corrected chi connectivity index (χ4v) is 5.55. The highest BCUT2D eigenvalue weighted by atomic mass is 19.1. The lowest BCUT2D eigenvalue weighted by molar-refractivity contribution is 0.0547. The molecule has 1 unspecified atom stereocenters. The van der Waals surface area contributed by atoms with Crippen molar-refractivity contribution in [2.45, 2.75) is 32.9 Å². The zero-order valence-electron chi connectivity index (χ0n) is 23.3. The van der Waals surface area contributed by atoms with Crippen LogP contribution in [0.2, 0.25) is 0 Å². The standard InChI is InChI=1S/C31H36FN5O3/c1-4-36-11-5-6-29(36)35(3)31(39)23-9-7-22(8-10-23)28-19-26(20-33-21(28)2)34-30(38)24-16-25(32)18-27(17-24)37-12-14-40-15-13-37/h7-10,16-20,29H,4-6,11-15H2,1-3H3,(H,34,38). The van der Waals surface area contributed by atoms with E-state index in [0.29, 0.717) is 43.2 Å². The molecule has 8 nitrogen and oxygen atoms in total. The lowest BCUT2D eigenvalue weighted by Crippen LogP contribution is -2.45. The molecule has 2 fully saturated rings. The van der Waals surface area contributed by atoms with E-state index in [1.54, 1.807) is 12.3 Å². The molecule has 1 N–H and O–H groups in total. The second kappa shape index (κ2) is 12.1. The van der Waals surface area contributed by atoms with Gasteiger partial charge in [0.15, 0.2) is 0 Å². The number of hydrogen-bond acceptors (Lipinski definition) is 6. The van der Waals surface area contributed by atoms with Crippen molar-refractivity contribution in [2.24, 2.45) is 0 Å². The molecule has 2 aliphatic heterocycles. The van der Waals surface area contributed by atoms with Crippen molar-refractivity contribution in [2.75, 3.05) is 56.7 Å². The number of likely N-dealkylation sites (tertiary alicyclic amines) is 1. The van der Waals surface area contributed by atoms with E-state index in [2.05, 4.69) is 22.1 Å². The highest BCUT2D eigenvalue weighted by Gasteiger charge is 2.29. The number of hydrogen-bond donors (Lipinski definition) is 1. The van der Waals surface area contributed by atoms with Crippen molar-refractivity contribution in [3.05, 3.63) is 77.4 Å². The summed E-state index contributed by atoms with van der Waals surface area (Å²) in [5.74, 6) is -0.880. The topological polar surface area (TPSA) is 78.0 Å². The maximum Gasteiger partial charge on any atom is 0.255 e. The molecule has 3 aromatic rings. The molecule has 2 aliphatic rings. The molecule has 0 aliphatic carbocycles. The van der Waals surface area contributed by atoms with Crippen LogP contribution in [0.15, 0.2) is 54.7 Å². The molecule has 1 atom stereocenters. The van der Waals surface area contributed by atoms with Crippen LogP contribution in [0.4, 0.5) is 15.8 Å². The summed E-state index contributed by atoms with van der Waals surface area (Å²) in [7, 11) is 1.87. The molecule has 40 heavy (non-hydrogen) atoms. The summed E-state index contributed by atoms with van der Waals surface area (Å²) in [6, 6.07) is 13.7. The number of carbonyl (C=O) groups is 2. The number of ether oxygens (including phenoxy) is 1.